The molecule has 3 nitrogen and oxygen atoms in total. The van der Waals surface area contributed by atoms with Gasteiger partial charge in [0.2, 0.25) is 0 Å². The van der Waals surface area contributed by atoms with E-state index in [0.29, 0.717) is 17.6 Å². The molecule has 0 unspecified atom stereocenters. The van der Waals surface area contributed by atoms with Gasteiger partial charge in [-0.15, -0.1) is 11.8 Å². The van der Waals surface area contributed by atoms with Crippen LogP contribution >= 0.6 is 23.4 Å². The van der Waals surface area contributed by atoms with Crippen LogP contribution in [0.5, 0.6) is 5.75 Å². The molecule has 0 amide bonds. The van der Waals surface area contributed by atoms with E-state index in [9.17, 15) is 0 Å². The van der Waals surface area contributed by atoms with Gasteiger partial charge in [0.05, 0.1) is 0 Å². The third-order valence-corrected chi connectivity index (χ3v) is 3.23. The Morgan fingerprint density at radius 1 is 1.22 bits per heavy atom. The third-order valence-electron chi connectivity index (χ3n) is 2.30. The Balaban J connectivity index is 2.01. The molecule has 1 aromatic carbocycles. The van der Waals surface area contributed by atoms with Crippen molar-refractivity contribution in [2.75, 3.05) is 6.26 Å². The van der Waals surface area contributed by atoms with Crippen molar-refractivity contribution in [3.05, 3.63) is 47.0 Å². The van der Waals surface area contributed by atoms with Gasteiger partial charge in [0.1, 0.15) is 17.5 Å². The molecule has 2 aromatic rings. The van der Waals surface area contributed by atoms with Crippen LogP contribution < -0.4 is 4.74 Å². The number of benzene rings is 1. The summed E-state index contributed by atoms with van der Waals surface area (Å²) in [7, 11) is 0. The summed E-state index contributed by atoms with van der Waals surface area (Å²) in [5.74, 6) is 1.39. The number of aromatic nitrogens is 2. The number of hydrogen-bond donors (Lipinski definition) is 0. The van der Waals surface area contributed by atoms with Gasteiger partial charge in [0.25, 0.3) is 0 Å². The normalized spacial score (nSPS) is 10.4. The molecule has 0 aliphatic carbocycles. The molecule has 94 valence electrons. The molecule has 0 spiro atoms. The van der Waals surface area contributed by atoms with Crippen molar-refractivity contribution in [3.8, 4) is 5.75 Å². The van der Waals surface area contributed by atoms with Gasteiger partial charge in [0, 0.05) is 10.6 Å². The zero-order valence-corrected chi connectivity index (χ0v) is 11.8. The SMILES string of the molecule is CSc1ccc(OCc2nc(C)cc(Cl)n2)cc1. The summed E-state index contributed by atoms with van der Waals surface area (Å²) in [6, 6.07) is 9.62. The fourth-order valence-corrected chi connectivity index (χ4v) is 2.14. The molecule has 1 aromatic heterocycles. The van der Waals surface area contributed by atoms with E-state index in [1.165, 1.54) is 4.90 Å². The van der Waals surface area contributed by atoms with Crippen LogP contribution in [0.25, 0.3) is 0 Å². The average molecular weight is 281 g/mol. The fraction of sp³-hybridized carbons (Fsp3) is 0.231. The minimum absolute atomic E-state index is 0.319. The summed E-state index contributed by atoms with van der Waals surface area (Å²) >= 11 is 7.56. The topological polar surface area (TPSA) is 35.0 Å². The van der Waals surface area contributed by atoms with E-state index < -0.39 is 0 Å². The monoisotopic (exact) mass is 280 g/mol. The van der Waals surface area contributed by atoms with Crippen LogP contribution in [-0.2, 0) is 6.61 Å². The number of aryl methyl sites for hydroxylation is 1. The number of hydrogen-bond acceptors (Lipinski definition) is 4. The van der Waals surface area contributed by atoms with Crippen molar-refractivity contribution >= 4 is 23.4 Å². The molecule has 0 aliphatic rings. The van der Waals surface area contributed by atoms with Crippen LogP contribution in [0.4, 0.5) is 0 Å². The molecule has 0 saturated heterocycles. The Morgan fingerprint density at radius 2 is 1.94 bits per heavy atom. The highest BCUT2D eigenvalue weighted by Crippen LogP contribution is 2.19. The maximum Gasteiger partial charge on any atom is 0.167 e. The zero-order valence-electron chi connectivity index (χ0n) is 10.2. The lowest BCUT2D eigenvalue weighted by Gasteiger charge is -2.06. The van der Waals surface area contributed by atoms with Gasteiger partial charge in [0.15, 0.2) is 5.82 Å². The molecule has 18 heavy (non-hydrogen) atoms. The summed E-state index contributed by atoms with van der Waals surface area (Å²) in [6.45, 7) is 2.20. The third kappa shape index (κ3) is 3.62. The Hall–Kier alpha value is -1.26. The van der Waals surface area contributed by atoms with E-state index in [1.54, 1.807) is 17.8 Å². The number of thioether (sulfide) groups is 1. The molecule has 0 atom stereocenters. The highest BCUT2D eigenvalue weighted by Gasteiger charge is 2.02. The number of ether oxygens (including phenoxy) is 1. The van der Waals surface area contributed by atoms with Gasteiger partial charge in [-0.2, -0.15) is 0 Å². The molecule has 2 rings (SSSR count). The molecule has 0 N–H and O–H groups in total. The first kappa shape index (κ1) is 13.2. The molecular weight excluding hydrogens is 268 g/mol. The van der Waals surface area contributed by atoms with E-state index >= 15 is 0 Å². The van der Waals surface area contributed by atoms with Crippen LogP contribution in [0, 0.1) is 6.92 Å². The lowest BCUT2D eigenvalue weighted by atomic mass is 10.3. The van der Waals surface area contributed by atoms with E-state index in [0.717, 1.165) is 11.4 Å². The molecule has 0 bridgehead atoms. The van der Waals surface area contributed by atoms with Crippen LogP contribution in [0.3, 0.4) is 0 Å². The molecule has 0 radical (unpaired) electrons. The number of rotatable bonds is 4. The second-order valence-corrected chi connectivity index (χ2v) is 4.98. The lowest BCUT2D eigenvalue weighted by molar-refractivity contribution is 0.295. The molecule has 1 heterocycles. The average Bonchev–Trinajstić information content (AvgIpc) is 2.36. The molecule has 0 saturated carbocycles. The minimum Gasteiger partial charge on any atom is -0.486 e. The number of nitrogens with zero attached hydrogens (tertiary/aromatic N) is 2. The standard InChI is InChI=1S/C13H13ClN2OS/c1-9-7-12(14)16-13(15-9)8-17-10-3-5-11(18-2)6-4-10/h3-7H,8H2,1-2H3. The van der Waals surface area contributed by atoms with Gasteiger partial charge >= 0.3 is 0 Å². The van der Waals surface area contributed by atoms with E-state index in [-0.39, 0.29) is 0 Å². The fourth-order valence-electron chi connectivity index (χ4n) is 1.47. The van der Waals surface area contributed by atoms with Crippen molar-refractivity contribution in [2.45, 2.75) is 18.4 Å². The van der Waals surface area contributed by atoms with E-state index in [4.69, 9.17) is 16.3 Å². The Labute approximate surface area is 116 Å². The quantitative estimate of drug-likeness (QED) is 0.631. The van der Waals surface area contributed by atoms with Crippen LogP contribution in [0.2, 0.25) is 5.15 Å². The molecule has 0 fully saturated rings. The lowest BCUT2D eigenvalue weighted by Crippen LogP contribution is -2.02. The number of halogens is 1. The van der Waals surface area contributed by atoms with Crippen LogP contribution in [0.15, 0.2) is 35.2 Å². The van der Waals surface area contributed by atoms with Gasteiger partial charge < -0.3 is 4.74 Å². The van der Waals surface area contributed by atoms with Crippen LogP contribution in [0.1, 0.15) is 11.5 Å². The van der Waals surface area contributed by atoms with Crippen molar-refractivity contribution in [1.29, 1.82) is 0 Å². The first-order chi connectivity index (χ1) is 8.67. The Morgan fingerprint density at radius 3 is 2.56 bits per heavy atom. The molecule has 0 aliphatic heterocycles. The maximum atomic E-state index is 5.86. The summed E-state index contributed by atoms with van der Waals surface area (Å²) in [6.07, 6.45) is 2.04. The maximum absolute atomic E-state index is 5.86. The predicted molar refractivity (Wildman–Crippen MR) is 74.3 cm³/mol. The van der Waals surface area contributed by atoms with Gasteiger partial charge in [-0.25, -0.2) is 9.97 Å². The Kier molecular flexibility index (Phi) is 4.44. The van der Waals surface area contributed by atoms with Gasteiger partial charge in [-0.3, -0.25) is 0 Å². The summed E-state index contributed by atoms with van der Waals surface area (Å²) in [4.78, 5) is 9.57. The van der Waals surface area contributed by atoms with Gasteiger partial charge in [-0.05, 0) is 43.5 Å². The molecule has 5 heteroatoms. The van der Waals surface area contributed by atoms with Crippen LogP contribution in [-0.4, -0.2) is 16.2 Å². The van der Waals surface area contributed by atoms with Crippen molar-refractivity contribution in [3.63, 3.8) is 0 Å². The zero-order chi connectivity index (χ0) is 13.0. The highest BCUT2D eigenvalue weighted by molar-refractivity contribution is 7.98. The van der Waals surface area contributed by atoms with Crippen molar-refractivity contribution < 1.29 is 4.74 Å². The van der Waals surface area contributed by atoms with Crippen molar-refractivity contribution in [1.82, 2.24) is 9.97 Å². The first-order valence-corrected chi connectivity index (χ1v) is 7.04. The highest BCUT2D eigenvalue weighted by atomic mass is 35.5. The summed E-state index contributed by atoms with van der Waals surface area (Å²) in [5, 5.41) is 0.443. The van der Waals surface area contributed by atoms with E-state index in [1.807, 2.05) is 37.4 Å². The summed E-state index contributed by atoms with van der Waals surface area (Å²) < 4.78 is 5.61. The summed E-state index contributed by atoms with van der Waals surface area (Å²) in [5.41, 5.74) is 0.839. The van der Waals surface area contributed by atoms with E-state index in [2.05, 4.69) is 9.97 Å². The Bertz CT molecular complexity index is 511. The van der Waals surface area contributed by atoms with Gasteiger partial charge in [-0.1, -0.05) is 11.6 Å². The second-order valence-electron chi connectivity index (χ2n) is 3.71. The minimum atomic E-state index is 0.319. The first-order valence-electron chi connectivity index (χ1n) is 5.44. The second kappa shape index (κ2) is 6.07. The van der Waals surface area contributed by atoms with Crippen molar-refractivity contribution in [2.24, 2.45) is 0 Å². The predicted octanol–water partition coefficient (Wildman–Crippen LogP) is 3.74. The largest absolute Gasteiger partial charge is 0.486 e. The smallest absolute Gasteiger partial charge is 0.167 e. The molecular formula is C13H13ClN2OS.